The average molecular weight is 512 g/mol. The lowest BCUT2D eigenvalue weighted by Crippen LogP contribution is -2.29. The zero-order valence-electron chi connectivity index (χ0n) is 21.9. The first-order chi connectivity index (χ1) is 18.5. The van der Waals surface area contributed by atoms with Crippen molar-refractivity contribution in [1.29, 1.82) is 0 Å². The summed E-state index contributed by atoms with van der Waals surface area (Å²) in [5, 5.41) is 11.5. The van der Waals surface area contributed by atoms with E-state index in [1.807, 2.05) is 73.7 Å². The van der Waals surface area contributed by atoms with E-state index in [0.29, 0.717) is 23.5 Å². The van der Waals surface area contributed by atoms with Gasteiger partial charge in [0, 0.05) is 18.5 Å². The maximum atomic E-state index is 13.5. The molecule has 1 amide bonds. The van der Waals surface area contributed by atoms with Crippen molar-refractivity contribution >= 4 is 17.4 Å². The molecule has 1 N–H and O–H groups in total. The van der Waals surface area contributed by atoms with Crippen LogP contribution in [0.15, 0.2) is 78.4 Å². The number of carbonyl (C=O) groups excluding carboxylic acids is 2. The molecule has 0 aliphatic carbocycles. The number of hydrogen-bond acceptors (Lipinski definition) is 5. The van der Waals surface area contributed by atoms with E-state index in [4.69, 9.17) is 9.47 Å². The van der Waals surface area contributed by atoms with E-state index in [0.717, 1.165) is 42.6 Å². The Balaban J connectivity index is 1.56. The zero-order valence-corrected chi connectivity index (χ0v) is 21.9. The molecule has 6 nitrogen and oxygen atoms in total. The maximum Gasteiger partial charge on any atom is 0.295 e. The normalized spacial score (nSPS) is 19.9. The number of hydrogen-bond donors (Lipinski definition) is 1. The molecule has 0 aromatic heterocycles. The molecule has 1 saturated heterocycles. The van der Waals surface area contributed by atoms with Crippen LogP contribution in [0.2, 0.25) is 0 Å². The van der Waals surface area contributed by atoms with Gasteiger partial charge in [0.15, 0.2) is 0 Å². The molecule has 0 bridgehead atoms. The van der Waals surface area contributed by atoms with Crippen LogP contribution in [0.3, 0.4) is 0 Å². The van der Waals surface area contributed by atoms with Gasteiger partial charge in [0.1, 0.15) is 23.4 Å². The molecule has 3 aromatic carbocycles. The molecular weight excluding hydrogens is 478 g/mol. The van der Waals surface area contributed by atoms with Crippen molar-refractivity contribution in [2.45, 2.75) is 58.2 Å². The fourth-order valence-corrected chi connectivity index (χ4v) is 5.21. The molecule has 0 spiro atoms. The van der Waals surface area contributed by atoms with E-state index >= 15 is 0 Å². The Morgan fingerprint density at radius 2 is 1.84 bits per heavy atom. The van der Waals surface area contributed by atoms with Crippen molar-refractivity contribution in [3.05, 3.63) is 101 Å². The Morgan fingerprint density at radius 3 is 2.63 bits per heavy atom. The summed E-state index contributed by atoms with van der Waals surface area (Å²) in [6.45, 7) is 4.97. The second kappa shape index (κ2) is 11.1. The maximum absolute atomic E-state index is 13.5. The summed E-state index contributed by atoms with van der Waals surface area (Å²) in [7, 11) is 0. The fourth-order valence-electron chi connectivity index (χ4n) is 5.21. The minimum Gasteiger partial charge on any atom is -0.507 e. The number of amides is 1. The van der Waals surface area contributed by atoms with Crippen molar-refractivity contribution in [1.82, 2.24) is 4.90 Å². The van der Waals surface area contributed by atoms with Crippen LogP contribution in [0, 0.1) is 0 Å². The molecule has 0 saturated carbocycles. The van der Waals surface area contributed by atoms with E-state index in [1.165, 1.54) is 4.90 Å². The molecule has 2 aliphatic heterocycles. The Hall–Kier alpha value is -4.06. The first kappa shape index (κ1) is 25.6. The molecular formula is C32H33NO5. The number of likely N-dealkylation sites (tertiary alicyclic amines) is 1. The highest BCUT2D eigenvalue weighted by Gasteiger charge is 2.46. The van der Waals surface area contributed by atoms with Gasteiger partial charge in [0.2, 0.25) is 0 Å². The van der Waals surface area contributed by atoms with Gasteiger partial charge in [-0.25, -0.2) is 0 Å². The number of aliphatic hydroxyl groups is 1. The Labute approximate surface area is 223 Å². The number of fused-ring (bicyclic) bond motifs is 1. The summed E-state index contributed by atoms with van der Waals surface area (Å²) in [5.74, 6) is -0.0493. The minimum absolute atomic E-state index is 0.0546. The third-order valence-electron chi connectivity index (χ3n) is 7.10. The van der Waals surface area contributed by atoms with Gasteiger partial charge in [-0.3, -0.25) is 9.59 Å². The van der Waals surface area contributed by atoms with Crippen LogP contribution in [0.5, 0.6) is 11.5 Å². The zero-order chi connectivity index (χ0) is 26.6. The molecule has 38 heavy (non-hydrogen) atoms. The summed E-state index contributed by atoms with van der Waals surface area (Å²) in [6.07, 6.45) is 3.92. The van der Waals surface area contributed by atoms with Crippen LogP contribution in [-0.4, -0.2) is 34.4 Å². The van der Waals surface area contributed by atoms with Crippen LogP contribution >= 0.6 is 0 Å². The van der Waals surface area contributed by atoms with Crippen LogP contribution in [0.25, 0.3) is 5.76 Å². The first-order valence-electron chi connectivity index (χ1n) is 13.3. The predicted molar refractivity (Wildman–Crippen MR) is 146 cm³/mol. The summed E-state index contributed by atoms with van der Waals surface area (Å²) < 4.78 is 11.8. The summed E-state index contributed by atoms with van der Waals surface area (Å²) in [5.41, 5.74) is 3.17. The van der Waals surface area contributed by atoms with Gasteiger partial charge >= 0.3 is 0 Å². The van der Waals surface area contributed by atoms with E-state index in [2.05, 4.69) is 6.92 Å². The molecule has 0 radical (unpaired) electrons. The molecule has 2 aliphatic rings. The predicted octanol–water partition coefficient (Wildman–Crippen LogP) is 6.20. The van der Waals surface area contributed by atoms with Gasteiger partial charge < -0.3 is 19.5 Å². The third kappa shape index (κ3) is 5.17. The molecule has 2 atom stereocenters. The summed E-state index contributed by atoms with van der Waals surface area (Å²) >= 11 is 0. The highest BCUT2D eigenvalue weighted by molar-refractivity contribution is 6.46. The quantitative estimate of drug-likeness (QED) is 0.160. The number of benzene rings is 3. The van der Waals surface area contributed by atoms with Crippen molar-refractivity contribution in [3.8, 4) is 11.5 Å². The smallest absolute Gasteiger partial charge is 0.295 e. The van der Waals surface area contributed by atoms with Gasteiger partial charge in [0.25, 0.3) is 11.7 Å². The highest BCUT2D eigenvalue weighted by Crippen LogP contribution is 2.42. The number of rotatable bonds is 9. The van der Waals surface area contributed by atoms with Crippen molar-refractivity contribution in [2.75, 3.05) is 6.61 Å². The van der Waals surface area contributed by atoms with E-state index in [9.17, 15) is 14.7 Å². The second-order valence-electron chi connectivity index (χ2n) is 10.00. The number of Topliss-reactive ketones (excluding diaryl/α,β-unsaturated/α-hetero) is 1. The number of ether oxygens (including phenoxy) is 2. The van der Waals surface area contributed by atoms with Gasteiger partial charge in [0.05, 0.1) is 18.2 Å². The summed E-state index contributed by atoms with van der Waals surface area (Å²) in [6, 6.07) is 21.7. The number of carbonyl (C=O) groups is 2. The topological polar surface area (TPSA) is 76.1 Å². The highest BCUT2D eigenvalue weighted by atomic mass is 16.5. The van der Waals surface area contributed by atoms with Crippen molar-refractivity contribution < 1.29 is 24.2 Å². The van der Waals surface area contributed by atoms with E-state index in [-0.39, 0.29) is 24.0 Å². The van der Waals surface area contributed by atoms with Gasteiger partial charge in [-0.15, -0.1) is 0 Å². The van der Waals surface area contributed by atoms with E-state index < -0.39 is 17.7 Å². The second-order valence-corrected chi connectivity index (χ2v) is 10.00. The molecule has 2 unspecified atom stereocenters. The van der Waals surface area contributed by atoms with Crippen LogP contribution < -0.4 is 9.47 Å². The third-order valence-corrected chi connectivity index (χ3v) is 7.10. The molecule has 2 heterocycles. The lowest BCUT2D eigenvalue weighted by atomic mass is 9.94. The number of aliphatic hydroxyl groups excluding tert-OH is 1. The van der Waals surface area contributed by atoms with E-state index in [1.54, 1.807) is 6.07 Å². The summed E-state index contributed by atoms with van der Waals surface area (Å²) in [4.78, 5) is 28.4. The lowest BCUT2D eigenvalue weighted by molar-refractivity contribution is -0.140. The minimum atomic E-state index is -0.752. The lowest BCUT2D eigenvalue weighted by Gasteiger charge is -2.26. The van der Waals surface area contributed by atoms with Crippen molar-refractivity contribution in [3.63, 3.8) is 0 Å². The largest absolute Gasteiger partial charge is 0.507 e. The van der Waals surface area contributed by atoms with Gasteiger partial charge in [-0.1, -0.05) is 62.2 Å². The van der Waals surface area contributed by atoms with Gasteiger partial charge in [-0.2, -0.15) is 0 Å². The molecule has 1 fully saturated rings. The monoisotopic (exact) mass is 511 g/mol. The van der Waals surface area contributed by atoms with Gasteiger partial charge in [-0.05, 0) is 60.4 Å². The average Bonchev–Trinajstić information content (AvgIpc) is 3.42. The number of unbranched alkanes of at least 4 members (excludes halogenated alkanes) is 2. The molecule has 6 heteroatoms. The Bertz CT molecular complexity index is 1360. The first-order valence-corrected chi connectivity index (χ1v) is 13.3. The molecule has 196 valence electrons. The van der Waals surface area contributed by atoms with Crippen LogP contribution in [0.1, 0.15) is 61.4 Å². The number of nitrogens with zero attached hydrogens (tertiary/aromatic N) is 1. The molecule has 5 rings (SSSR count). The Kier molecular flexibility index (Phi) is 7.50. The Morgan fingerprint density at radius 1 is 1.03 bits per heavy atom. The fraction of sp³-hybridized carbons (Fsp3) is 0.312. The number of ketones is 1. The van der Waals surface area contributed by atoms with Crippen LogP contribution in [0.4, 0.5) is 0 Å². The molecule has 3 aromatic rings. The van der Waals surface area contributed by atoms with Crippen LogP contribution in [-0.2, 0) is 22.6 Å². The SMILES string of the molecule is CCCCCOc1cccc(C2/C(=C(\O)c3ccc4c(c3)CC(C)O4)C(=O)C(=O)N2Cc2ccccc2)c1. The van der Waals surface area contributed by atoms with Crippen molar-refractivity contribution in [2.24, 2.45) is 0 Å². The standard InChI is InChI=1S/C32H33NO5/c1-3-4-8-16-37-26-13-9-12-23(19-26)29-28(30(34)24-14-15-27-25(18-24)17-21(2)38-27)31(35)32(36)33(29)20-22-10-6-5-7-11-22/h5-7,9-15,18-19,21,29,34H,3-4,8,16-17,20H2,1-2H3/b30-28+.